The summed E-state index contributed by atoms with van der Waals surface area (Å²) in [6.07, 6.45) is 7.84. The number of anilines is 2. The van der Waals surface area contributed by atoms with Crippen molar-refractivity contribution >= 4 is 45.7 Å². The van der Waals surface area contributed by atoms with E-state index in [0.29, 0.717) is 48.9 Å². The van der Waals surface area contributed by atoms with Crippen molar-refractivity contribution in [3.05, 3.63) is 152 Å². The highest BCUT2D eigenvalue weighted by Crippen LogP contribution is 2.45. The number of phenolic OH excluding ortho intramolecular Hbond substituents is 2. The zero-order valence-corrected chi connectivity index (χ0v) is 47.9. The number of hydrogen-bond donors (Lipinski definition) is 2. The number of carbonyl (C=O) groups excluding carboxylic acids is 2. The number of fused-ring (bicyclic) bond motifs is 2. The number of amides is 2. The first kappa shape index (κ1) is 57.5. The molecule has 2 aliphatic heterocycles. The van der Waals surface area contributed by atoms with Crippen LogP contribution in [0.5, 0.6) is 11.5 Å². The van der Waals surface area contributed by atoms with Gasteiger partial charge in [0, 0.05) is 75.6 Å². The molecular formula is C62H62F4N12O7. The Morgan fingerprint density at radius 2 is 1.05 bits per heavy atom. The minimum absolute atomic E-state index is 0.0545. The molecule has 2 aromatic carbocycles. The van der Waals surface area contributed by atoms with Gasteiger partial charge in [-0.25, -0.2) is 51.0 Å². The van der Waals surface area contributed by atoms with E-state index in [9.17, 15) is 38.2 Å². The summed E-state index contributed by atoms with van der Waals surface area (Å²) in [5, 5.41) is 21.4. The van der Waals surface area contributed by atoms with E-state index in [4.69, 9.17) is 4.74 Å². The van der Waals surface area contributed by atoms with E-state index in [0.717, 1.165) is 48.9 Å². The van der Waals surface area contributed by atoms with Crippen LogP contribution in [0.2, 0.25) is 0 Å². The molecule has 440 valence electrons. The van der Waals surface area contributed by atoms with Crippen molar-refractivity contribution < 1.29 is 42.1 Å². The predicted molar refractivity (Wildman–Crippen MR) is 312 cm³/mol. The fraction of sp³-hybridized carbons (Fsp3) is 0.355. The Kier molecular flexibility index (Phi) is 15.1. The van der Waals surface area contributed by atoms with Crippen LogP contribution in [-0.2, 0) is 9.53 Å². The van der Waals surface area contributed by atoms with Crippen LogP contribution in [0.1, 0.15) is 94.7 Å². The SMILES string of the molecule is C=CC(=O)N1CCN(c2nc(=O)n(-c3c(C)ccnc3C3CC3)c3nc(-c4c(O)cccc4F)c(F)cc23)[C@@H](C)C1.Cc1ccnc(C2CC2)c1-n1c(=O)nc(N2CCN(C(=O)OC(C)(C)C)C[C@@H]2C)c2cc(F)c(-c3c(O)cccc3F)nc21. The normalized spacial score (nSPS) is 17.3. The fourth-order valence-electron chi connectivity index (χ4n) is 11.3. The lowest BCUT2D eigenvalue weighted by atomic mass is 10.1. The van der Waals surface area contributed by atoms with Crippen LogP contribution >= 0.6 is 0 Å². The quantitative estimate of drug-likeness (QED) is 0.102. The highest BCUT2D eigenvalue weighted by Gasteiger charge is 2.37. The van der Waals surface area contributed by atoms with Gasteiger partial charge in [-0.1, -0.05) is 18.7 Å². The average molecular weight is 1160 g/mol. The molecule has 2 atom stereocenters. The first-order valence-corrected chi connectivity index (χ1v) is 28.1. The van der Waals surface area contributed by atoms with Crippen LogP contribution in [0.3, 0.4) is 0 Å². The van der Waals surface area contributed by atoms with E-state index in [2.05, 4.69) is 36.5 Å². The van der Waals surface area contributed by atoms with E-state index < -0.39 is 80.4 Å². The number of carbonyl (C=O) groups is 2. The standard InChI is InChI=1S/C32H34F2N6O4.C30H28F2N6O3/c1-17-11-12-35-25(19-9-10-19)27(17)40-29-20(15-22(34)26(36-29)24-21(33)7-6-8-23(24)41)28(37-30(40)42)39-14-13-38(16-18(39)2)31(43)44-32(3,4)5;1-4-23(40)36-12-13-37(17(3)15-36)28-19-14-21(32)26(24-20(31)6-5-7-22(24)39)34-29(19)38(30(41)35-28)27-16(2)10-11-33-25(27)18-8-9-18/h6-8,11-12,15,18-19,41H,9-10,13-14,16H2,1-5H3;4-7,10-11,14,17-18,39H,1,8-9,12-13,15H2,2-3H3/t18-;17-/m00/s1. The number of aromatic hydroxyl groups is 2. The summed E-state index contributed by atoms with van der Waals surface area (Å²) < 4.78 is 69.8. The molecule has 0 radical (unpaired) electrons. The Bertz CT molecular complexity index is 4120. The van der Waals surface area contributed by atoms with Crippen LogP contribution < -0.4 is 21.2 Å². The monoisotopic (exact) mass is 1160 g/mol. The molecule has 23 heteroatoms. The maximum Gasteiger partial charge on any atom is 0.410 e. The lowest BCUT2D eigenvalue weighted by Crippen LogP contribution is -2.55. The van der Waals surface area contributed by atoms with Crippen molar-refractivity contribution in [2.45, 2.75) is 104 Å². The third kappa shape index (κ3) is 11.0. The van der Waals surface area contributed by atoms with Crippen LogP contribution in [0.15, 0.2) is 95.3 Å². The Morgan fingerprint density at radius 1 is 0.624 bits per heavy atom. The molecule has 4 aliphatic rings. The topological polar surface area (TPSA) is 218 Å². The van der Waals surface area contributed by atoms with Crippen LogP contribution in [0.25, 0.3) is 56.0 Å². The molecule has 2 saturated carbocycles. The van der Waals surface area contributed by atoms with Crippen LogP contribution in [0.4, 0.5) is 34.0 Å². The summed E-state index contributed by atoms with van der Waals surface area (Å²) in [5.74, 6) is -3.93. The Morgan fingerprint density at radius 3 is 1.44 bits per heavy atom. The van der Waals surface area contributed by atoms with Crippen molar-refractivity contribution in [1.29, 1.82) is 0 Å². The number of ether oxygens (including phenoxy) is 1. The number of aryl methyl sites for hydroxylation is 2. The number of rotatable bonds is 9. The van der Waals surface area contributed by atoms with Crippen molar-refractivity contribution in [3.63, 3.8) is 0 Å². The number of phenols is 2. The molecule has 2 amide bonds. The molecule has 2 saturated heterocycles. The van der Waals surface area contributed by atoms with Gasteiger partial charge in [0.1, 0.15) is 51.8 Å². The van der Waals surface area contributed by atoms with Gasteiger partial charge in [0.05, 0.1) is 44.7 Å². The van der Waals surface area contributed by atoms with E-state index in [1.807, 2.05) is 37.5 Å². The summed E-state index contributed by atoms with van der Waals surface area (Å²) in [6.45, 7) is 18.3. The molecular weight excluding hydrogens is 1100 g/mol. The third-order valence-electron chi connectivity index (χ3n) is 15.7. The molecule has 4 fully saturated rings. The first-order valence-electron chi connectivity index (χ1n) is 28.1. The molecule has 8 heterocycles. The third-order valence-corrected chi connectivity index (χ3v) is 15.7. The highest BCUT2D eigenvalue weighted by atomic mass is 19.1. The number of aromatic nitrogens is 8. The maximum absolute atomic E-state index is 15.9. The molecule has 85 heavy (non-hydrogen) atoms. The molecule has 0 unspecified atom stereocenters. The van der Waals surface area contributed by atoms with Crippen LogP contribution in [0, 0.1) is 37.1 Å². The molecule has 12 rings (SSSR count). The average Bonchev–Trinajstić information content (AvgIpc) is 2.40. The second-order valence-electron chi connectivity index (χ2n) is 23.0. The summed E-state index contributed by atoms with van der Waals surface area (Å²) in [5.41, 5.74) is 0.442. The number of hydrogen-bond acceptors (Lipinski definition) is 15. The Labute approximate surface area is 485 Å². The summed E-state index contributed by atoms with van der Waals surface area (Å²) in [4.78, 5) is 86.9. The Balaban J connectivity index is 0.000000177. The molecule has 19 nitrogen and oxygen atoms in total. The number of benzene rings is 2. The zero-order valence-electron chi connectivity index (χ0n) is 47.9. The first-order chi connectivity index (χ1) is 40.5. The summed E-state index contributed by atoms with van der Waals surface area (Å²) >= 11 is 0. The van der Waals surface area contributed by atoms with Gasteiger partial charge in [0.25, 0.3) is 0 Å². The number of halogens is 4. The second-order valence-corrected chi connectivity index (χ2v) is 23.0. The minimum atomic E-state index is -0.892. The molecule has 8 aromatic rings. The molecule has 2 N–H and O–H groups in total. The molecule has 0 spiro atoms. The van der Waals surface area contributed by atoms with Gasteiger partial charge in [-0.15, -0.1) is 0 Å². The summed E-state index contributed by atoms with van der Waals surface area (Å²) in [7, 11) is 0. The molecule has 6 aromatic heterocycles. The van der Waals surface area contributed by atoms with E-state index >= 15 is 8.78 Å². The van der Waals surface area contributed by atoms with Crippen molar-refractivity contribution in [3.8, 4) is 45.4 Å². The van der Waals surface area contributed by atoms with Gasteiger partial charge in [0.2, 0.25) is 5.91 Å². The van der Waals surface area contributed by atoms with E-state index in [1.165, 1.54) is 51.6 Å². The second kappa shape index (κ2) is 22.4. The lowest BCUT2D eigenvalue weighted by molar-refractivity contribution is -0.126. The smallest absolute Gasteiger partial charge is 0.410 e. The van der Waals surface area contributed by atoms with Gasteiger partial charge >= 0.3 is 17.5 Å². The number of nitrogens with zero attached hydrogens (tertiary/aromatic N) is 12. The maximum atomic E-state index is 15.9. The van der Waals surface area contributed by atoms with Gasteiger partial charge in [-0.05, 0) is 140 Å². The predicted octanol–water partition coefficient (Wildman–Crippen LogP) is 9.69. The van der Waals surface area contributed by atoms with E-state index in [1.54, 1.807) is 55.1 Å². The zero-order chi connectivity index (χ0) is 60.5. The summed E-state index contributed by atoms with van der Waals surface area (Å²) in [6, 6.07) is 12.7. The number of pyridine rings is 4. The fourth-order valence-corrected chi connectivity index (χ4v) is 11.3. The van der Waals surface area contributed by atoms with Crippen molar-refractivity contribution in [2.75, 3.05) is 49.1 Å². The Hall–Kier alpha value is -9.28. The highest BCUT2D eigenvalue weighted by molar-refractivity contribution is 5.93. The van der Waals surface area contributed by atoms with Gasteiger partial charge in [-0.2, -0.15) is 9.97 Å². The van der Waals surface area contributed by atoms with Gasteiger partial charge < -0.3 is 34.5 Å². The molecule has 0 bridgehead atoms. The van der Waals surface area contributed by atoms with Gasteiger partial charge in [-0.3, -0.25) is 14.8 Å². The van der Waals surface area contributed by atoms with Crippen LogP contribution in [-0.4, -0.2) is 128 Å². The largest absolute Gasteiger partial charge is 0.507 e. The minimum Gasteiger partial charge on any atom is -0.507 e. The lowest BCUT2D eigenvalue weighted by Gasteiger charge is -2.41. The molecule has 2 aliphatic carbocycles. The van der Waals surface area contributed by atoms with Gasteiger partial charge in [0.15, 0.2) is 22.9 Å². The van der Waals surface area contributed by atoms with Crippen molar-refractivity contribution in [1.82, 2.24) is 48.8 Å². The number of piperazine rings is 2. The van der Waals surface area contributed by atoms with E-state index in [-0.39, 0.29) is 76.6 Å². The van der Waals surface area contributed by atoms with Crippen molar-refractivity contribution in [2.24, 2.45) is 0 Å².